The predicted molar refractivity (Wildman–Crippen MR) is 154 cm³/mol. The first-order valence-electron chi connectivity index (χ1n) is 13.7. The normalized spacial score (nSPS) is 17.9. The second-order valence-electron chi connectivity index (χ2n) is 10.6. The van der Waals surface area contributed by atoms with E-state index in [2.05, 4.69) is 25.9 Å². The number of aromatic nitrogens is 3. The highest BCUT2D eigenvalue weighted by Crippen LogP contribution is 2.41. The van der Waals surface area contributed by atoms with Crippen molar-refractivity contribution in [3.8, 4) is 28.1 Å². The molecule has 3 aromatic heterocycles. The molecular formula is C32H31N5O2. The van der Waals surface area contributed by atoms with Crippen molar-refractivity contribution in [3.63, 3.8) is 0 Å². The highest BCUT2D eigenvalue weighted by molar-refractivity contribution is 6.16. The summed E-state index contributed by atoms with van der Waals surface area (Å²) in [5, 5.41) is 2.14. The highest BCUT2D eigenvalue weighted by Gasteiger charge is 2.32. The monoisotopic (exact) mass is 517 g/mol. The molecule has 39 heavy (non-hydrogen) atoms. The quantitative estimate of drug-likeness (QED) is 0.321. The summed E-state index contributed by atoms with van der Waals surface area (Å²) >= 11 is 0. The van der Waals surface area contributed by atoms with Gasteiger partial charge in [0.05, 0.1) is 24.5 Å². The van der Waals surface area contributed by atoms with Crippen LogP contribution in [-0.2, 0) is 0 Å². The van der Waals surface area contributed by atoms with Crippen LogP contribution in [0.3, 0.4) is 0 Å². The number of aromatic amines is 1. The molecule has 1 unspecified atom stereocenters. The third kappa shape index (κ3) is 4.23. The molecule has 7 nitrogen and oxygen atoms in total. The number of H-pyrrole nitrogens is 1. The van der Waals surface area contributed by atoms with Crippen LogP contribution in [0.15, 0.2) is 73.2 Å². The lowest BCUT2D eigenvalue weighted by molar-refractivity contribution is 0.0780. The molecule has 1 N–H and O–H groups in total. The number of carbonyl (C=O) groups is 1. The van der Waals surface area contributed by atoms with Gasteiger partial charge in [-0.05, 0) is 80.4 Å². The van der Waals surface area contributed by atoms with Crippen molar-refractivity contribution >= 4 is 27.7 Å². The highest BCUT2D eigenvalue weighted by atomic mass is 16.5. The van der Waals surface area contributed by atoms with Crippen molar-refractivity contribution < 1.29 is 9.53 Å². The van der Waals surface area contributed by atoms with Crippen LogP contribution in [0, 0.1) is 0 Å². The van der Waals surface area contributed by atoms with Crippen LogP contribution < -0.4 is 4.74 Å². The number of nitrogens with zero attached hydrogens (tertiary/aromatic N) is 4. The number of fused-ring (bicyclic) bond motifs is 3. The summed E-state index contributed by atoms with van der Waals surface area (Å²) in [5.41, 5.74) is 6.54. The fourth-order valence-corrected chi connectivity index (χ4v) is 6.30. The molecule has 0 radical (unpaired) electrons. The summed E-state index contributed by atoms with van der Waals surface area (Å²) in [6.45, 7) is 4.00. The van der Waals surface area contributed by atoms with E-state index in [-0.39, 0.29) is 5.91 Å². The minimum absolute atomic E-state index is 0.118. The first-order valence-corrected chi connectivity index (χ1v) is 13.7. The van der Waals surface area contributed by atoms with Gasteiger partial charge in [0.2, 0.25) is 0 Å². The summed E-state index contributed by atoms with van der Waals surface area (Å²) < 4.78 is 5.84. The fraction of sp³-hybridized carbons (Fsp3) is 0.281. The number of carbonyl (C=O) groups excluding carboxylic acids is 1. The van der Waals surface area contributed by atoms with E-state index in [9.17, 15) is 4.79 Å². The van der Waals surface area contributed by atoms with Gasteiger partial charge in [-0.3, -0.25) is 19.7 Å². The molecule has 0 saturated carbocycles. The Morgan fingerprint density at radius 3 is 2.59 bits per heavy atom. The van der Waals surface area contributed by atoms with Crippen LogP contribution in [-0.4, -0.2) is 70.0 Å². The number of amides is 1. The van der Waals surface area contributed by atoms with Gasteiger partial charge in [-0.2, -0.15) is 0 Å². The summed E-state index contributed by atoms with van der Waals surface area (Å²) in [6.07, 6.45) is 9.09. The SMILES string of the molecule is COc1ccc2[nH]c3cnc(-c4cccnc4)cc3c2c1-c1ccc(C(=O)N2CCC(N3CCCC3)C2)cc1. The van der Waals surface area contributed by atoms with E-state index in [1.165, 1.54) is 25.9 Å². The second kappa shape index (κ2) is 9.82. The molecule has 1 amide bonds. The maximum atomic E-state index is 13.4. The summed E-state index contributed by atoms with van der Waals surface area (Å²) in [6, 6.07) is 18.6. The summed E-state index contributed by atoms with van der Waals surface area (Å²) in [4.78, 5) is 30.4. The van der Waals surface area contributed by atoms with Crippen LogP contribution in [0.2, 0.25) is 0 Å². The molecule has 2 aliphatic heterocycles. The average Bonchev–Trinajstić information content (AvgIpc) is 3.76. The topological polar surface area (TPSA) is 74.3 Å². The number of likely N-dealkylation sites (tertiary alicyclic amines) is 2. The number of rotatable bonds is 5. The Morgan fingerprint density at radius 1 is 0.974 bits per heavy atom. The smallest absolute Gasteiger partial charge is 0.253 e. The molecule has 1 atom stereocenters. The Bertz CT molecular complexity index is 1660. The number of pyridine rings is 2. The Morgan fingerprint density at radius 2 is 1.82 bits per heavy atom. The van der Waals surface area contributed by atoms with Crippen LogP contribution in [0.25, 0.3) is 44.2 Å². The van der Waals surface area contributed by atoms with E-state index >= 15 is 0 Å². The molecule has 7 rings (SSSR count). The van der Waals surface area contributed by atoms with Gasteiger partial charge in [-0.25, -0.2) is 0 Å². The molecule has 196 valence electrons. The van der Waals surface area contributed by atoms with Gasteiger partial charge in [-0.15, -0.1) is 0 Å². The van der Waals surface area contributed by atoms with Gasteiger partial charge in [0.15, 0.2) is 0 Å². The molecule has 0 bridgehead atoms. The van der Waals surface area contributed by atoms with Gasteiger partial charge >= 0.3 is 0 Å². The van der Waals surface area contributed by atoms with E-state index in [0.29, 0.717) is 6.04 Å². The average molecular weight is 518 g/mol. The zero-order valence-corrected chi connectivity index (χ0v) is 22.1. The first kappa shape index (κ1) is 23.9. The molecule has 0 spiro atoms. The number of hydrogen-bond donors (Lipinski definition) is 1. The van der Waals surface area contributed by atoms with Gasteiger partial charge in [0, 0.05) is 64.5 Å². The molecule has 2 saturated heterocycles. The maximum absolute atomic E-state index is 13.4. The van der Waals surface area contributed by atoms with E-state index in [4.69, 9.17) is 4.74 Å². The van der Waals surface area contributed by atoms with Crippen molar-refractivity contribution in [2.24, 2.45) is 0 Å². The standard InChI is InChI=1S/C32H31N5O2/c1-39-29-11-10-26-31(25-17-27(34-19-28(25)35-26)23-5-4-13-33-18-23)30(29)21-6-8-22(9-7-21)32(38)37-16-12-24(20-37)36-14-2-3-15-36/h4-11,13,17-19,24,35H,2-3,12,14-16,20H2,1H3. The van der Waals surface area contributed by atoms with Crippen molar-refractivity contribution in [2.75, 3.05) is 33.3 Å². The molecule has 2 aromatic carbocycles. The third-order valence-corrected chi connectivity index (χ3v) is 8.32. The number of ether oxygens (including phenoxy) is 1. The molecular weight excluding hydrogens is 486 g/mol. The zero-order chi connectivity index (χ0) is 26.3. The van der Waals surface area contributed by atoms with E-state index in [1.54, 1.807) is 13.3 Å². The van der Waals surface area contributed by atoms with Gasteiger partial charge in [0.25, 0.3) is 5.91 Å². The number of hydrogen-bond acceptors (Lipinski definition) is 5. The lowest BCUT2D eigenvalue weighted by Crippen LogP contribution is -2.37. The molecule has 2 aliphatic rings. The van der Waals surface area contributed by atoms with Crippen molar-refractivity contribution in [3.05, 3.63) is 78.8 Å². The Hall–Kier alpha value is -4.23. The van der Waals surface area contributed by atoms with Crippen molar-refractivity contribution in [1.82, 2.24) is 24.8 Å². The maximum Gasteiger partial charge on any atom is 0.253 e. The van der Waals surface area contributed by atoms with Gasteiger partial charge < -0.3 is 14.6 Å². The first-order chi connectivity index (χ1) is 19.2. The van der Waals surface area contributed by atoms with Crippen LogP contribution >= 0.6 is 0 Å². The zero-order valence-electron chi connectivity index (χ0n) is 22.1. The van der Waals surface area contributed by atoms with Crippen molar-refractivity contribution in [2.45, 2.75) is 25.3 Å². The molecule has 5 heterocycles. The Balaban J connectivity index is 1.25. The van der Waals surface area contributed by atoms with E-state index in [0.717, 1.165) is 75.0 Å². The second-order valence-corrected chi connectivity index (χ2v) is 10.6. The molecule has 2 fully saturated rings. The lowest BCUT2D eigenvalue weighted by atomic mass is 9.97. The van der Waals surface area contributed by atoms with Gasteiger partial charge in [0.1, 0.15) is 5.75 Å². The van der Waals surface area contributed by atoms with Crippen LogP contribution in [0.1, 0.15) is 29.6 Å². The molecule has 5 aromatic rings. The minimum atomic E-state index is 0.118. The fourth-order valence-electron chi connectivity index (χ4n) is 6.30. The largest absolute Gasteiger partial charge is 0.496 e. The van der Waals surface area contributed by atoms with Crippen molar-refractivity contribution in [1.29, 1.82) is 0 Å². The number of methoxy groups -OCH3 is 1. The molecule has 7 heteroatoms. The third-order valence-electron chi connectivity index (χ3n) is 8.32. The predicted octanol–water partition coefficient (Wildman–Crippen LogP) is 5.76. The molecule has 0 aliphatic carbocycles. The summed E-state index contributed by atoms with van der Waals surface area (Å²) in [7, 11) is 1.70. The van der Waals surface area contributed by atoms with E-state index < -0.39 is 0 Å². The number of nitrogens with one attached hydrogen (secondary N) is 1. The van der Waals surface area contributed by atoms with Crippen LogP contribution in [0.5, 0.6) is 5.75 Å². The van der Waals surface area contributed by atoms with E-state index in [1.807, 2.05) is 65.8 Å². The van der Waals surface area contributed by atoms with Crippen LogP contribution in [0.4, 0.5) is 0 Å². The summed E-state index contributed by atoms with van der Waals surface area (Å²) in [5.74, 6) is 0.905. The minimum Gasteiger partial charge on any atom is -0.496 e. The Kier molecular flexibility index (Phi) is 6.01. The number of benzene rings is 2. The van der Waals surface area contributed by atoms with Gasteiger partial charge in [-0.1, -0.05) is 12.1 Å². The Labute approximate surface area is 227 Å². The lowest BCUT2D eigenvalue weighted by Gasteiger charge is -2.23.